The first-order chi connectivity index (χ1) is 6.09. The Hall–Kier alpha value is -1.38. The minimum Gasteiger partial charge on any atom is -0.254 e. The molecule has 0 aliphatic heterocycles. The van der Waals surface area contributed by atoms with Crippen molar-refractivity contribution >= 4 is 5.52 Å². The normalized spacial score (nSPS) is 11.1. The highest BCUT2D eigenvalue weighted by Crippen LogP contribution is 2.13. The average Bonchev–Trinajstić information content (AvgIpc) is 2.44. The summed E-state index contributed by atoms with van der Waals surface area (Å²) in [6.45, 7) is 8.07. The van der Waals surface area contributed by atoms with Gasteiger partial charge in [0.05, 0.1) is 28.3 Å². The summed E-state index contributed by atoms with van der Waals surface area (Å²) in [7, 11) is 0. The minimum atomic E-state index is 1.04. The zero-order chi connectivity index (χ0) is 9.59. The van der Waals surface area contributed by atoms with E-state index in [1.807, 2.05) is 32.2 Å². The quantitative estimate of drug-likeness (QED) is 0.612. The van der Waals surface area contributed by atoms with E-state index < -0.39 is 0 Å². The molecule has 2 rings (SSSR count). The van der Waals surface area contributed by atoms with Crippen molar-refractivity contribution in [2.75, 3.05) is 0 Å². The van der Waals surface area contributed by atoms with Crippen LogP contribution in [0.2, 0.25) is 0 Å². The van der Waals surface area contributed by atoms with E-state index in [2.05, 4.69) is 16.1 Å². The third-order valence-electron chi connectivity index (χ3n) is 2.38. The number of fused-ring (bicyclic) bond motifs is 1. The first kappa shape index (κ1) is 8.23. The molecule has 3 nitrogen and oxygen atoms in total. The lowest BCUT2D eigenvalue weighted by Crippen LogP contribution is -2.01. The Labute approximate surface area is 77.4 Å². The zero-order valence-electron chi connectivity index (χ0n) is 8.42. The highest BCUT2D eigenvalue weighted by atomic mass is 15.2. The van der Waals surface area contributed by atoms with Crippen LogP contribution in [-0.4, -0.2) is 14.6 Å². The SMILES string of the molecule is Cc1cc2c(C)nc(C)c(C)n2n1. The molecule has 0 N–H and O–H groups in total. The topological polar surface area (TPSA) is 30.2 Å². The Kier molecular flexibility index (Phi) is 1.62. The summed E-state index contributed by atoms with van der Waals surface area (Å²) >= 11 is 0. The maximum absolute atomic E-state index is 4.45. The Balaban J connectivity index is 2.95. The molecular formula is C10H13N3. The molecule has 0 unspecified atom stereocenters. The molecule has 0 bridgehead atoms. The molecule has 13 heavy (non-hydrogen) atoms. The first-order valence-electron chi connectivity index (χ1n) is 4.40. The zero-order valence-corrected chi connectivity index (χ0v) is 8.42. The number of aromatic nitrogens is 3. The first-order valence-corrected chi connectivity index (χ1v) is 4.40. The minimum absolute atomic E-state index is 1.04. The fourth-order valence-electron chi connectivity index (χ4n) is 1.56. The summed E-state index contributed by atoms with van der Waals surface area (Å²) in [6, 6.07) is 2.06. The van der Waals surface area contributed by atoms with Crippen molar-refractivity contribution in [1.29, 1.82) is 0 Å². The van der Waals surface area contributed by atoms with Gasteiger partial charge in [0, 0.05) is 0 Å². The van der Waals surface area contributed by atoms with Gasteiger partial charge in [-0.25, -0.2) is 4.52 Å². The van der Waals surface area contributed by atoms with Gasteiger partial charge in [-0.1, -0.05) is 0 Å². The van der Waals surface area contributed by atoms with Crippen LogP contribution >= 0.6 is 0 Å². The lowest BCUT2D eigenvalue weighted by molar-refractivity contribution is 0.853. The monoisotopic (exact) mass is 175 g/mol. The van der Waals surface area contributed by atoms with Crippen LogP contribution < -0.4 is 0 Å². The fourth-order valence-corrected chi connectivity index (χ4v) is 1.56. The van der Waals surface area contributed by atoms with Gasteiger partial charge in [-0.3, -0.25) is 4.98 Å². The van der Waals surface area contributed by atoms with Crippen molar-refractivity contribution in [2.24, 2.45) is 0 Å². The van der Waals surface area contributed by atoms with Crippen molar-refractivity contribution in [1.82, 2.24) is 14.6 Å². The van der Waals surface area contributed by atoms with Gasteiger partial charge in [0.1, 0.15) is 0 Å². The van der Waals surface area contributed by atoms with E-state index in [0.29, 0.717) is 0 Å². The van der Waals surface area contributed by atoms with Crippen LogP contribution in [-0.2, 0) is 0 Å². The van der Waals surface area contributed by atoms with Gasteiger partial charge in [0.15, 0.2) is 0 Å². The van der Waals surface area contributed by atoms with E-state index in [4.69, 9.17) is 0 Å². The van der Waals surface area contributed by atoms with E-state index in [1.165, 1.54) is 0 Å². The lowest BCUT2D eigenvalue weighted by atomic mass is 10.3. The molecule has 0 aliphatic rings. The van der Waals surface area contributed by atoms with Crippen LogP contribution in [0.5, 0.6) is 0 Å². The van der Waals surface area contributed by atoms with Gasteiger partial charge >= 0.3 is 0 Å². The summed E-state index contributed by atoms with van der Waals surface area (Å²) in [5, 5.41) is 4.41. The van der Waals surface area contributed by atoms with Gasteiger partial charge in [-0.05, 0) is 33.8 Å². The molecule has 0 amide bonds. The second kappa shape index (κ2) is 2.55. The Morgan fingerprint density at radius 3 is 2.46 bits per heavy atom. The van der Waals surface area contributed by atoms with Crippen LogP contribution in [0, 0.1) is 27.7 Å². The largest absolute Gasteiger partial charge is 0.254 e. The van der Waals surface area contributed by atoms with Gasteiger partial charge in [0.25, 0.3) is 0 Å². The van der Waals surface area contributed by atoms with E-state index in [-0.39, 0.29) is 0 Å². The van der Waals surface area contributed by atoms with Crippen molar-refractivity contribution in [2.45, 2.75) is 27.7 Å². The van der Waals surface area contributed by atoms with E-state index in [1.54, 1.807) is 0 Å². The predicted octanol–water partition coefficient (Wildman–Crippen LogP) is 1.96. The van der Waals surface area contributed by atoms with Crippen LogP contribution in [0.4, 0.5) is 0 Å². The Morgan fingerprint density at radius 1 is 1.08 bits per heavy atom. The molecule has 68 valence electrons. The Morgan fingerprint density at radius 2 is 1.77 bits per heavy atom. The van der Waals surface area contributed by atoms with Crippen molar-refractivity contribution < 1.29 is 0 Å². The molecule has 0 saturated carbocycles. The molecule has 3 heteroatoms. The third kappa shape index (κ3) is 1.11. The standard InChI is InChI=1S/C10H13N3/c1-6-5-10-8(3)11-7(2)9(4)13(10)12-6/h5H,1-4H3. The summed E-state index contributed by atoms with van der Waals surface area (Å²) in [4.78, 5) is 4.45. The Bertz CT molecular complexity index is 468. The van der Waals surface area contributed by atoms with Gasteiger partial charge in [0.2, 0.25) is 0 Å². The lowest BCUT2D eigenvalue weighted by Gasteiger charge is -2.04. The molecule has 2 heterocycles. The van der Waals surface area contributed by atoms with Gasteiger partial charge < -0.3 is 0 Å². The molecule has 2 aromatic heterocycles. The molecule has 0 aromatic carbocycles. The highest BCUT2D eigenvalue weighted by molar-refractivity contribution is 5.53. The molecular weight excluding hydrogens is 162 g/mol. The summed E-state index contributed by atoms with van der Waals surface area (Å²) in [6.07, 6.45) is 0. The van der Waals surface area contributed by atoms with Gasteiger partial charge in [-0.2, -0.15) is 5.10 Å². The molecule has 0 radical (unpaired) electrons. The highest BCUT2D eigenvalue weighted by Gasteiger charge is 2.06. The van der Waals surface area contributed by atoms with E-state index in [9.17, 15) is 0 Å². The van der Waals surface area contributed by atoms with Crippen molar-refractivity contribution in [3.63, 3.8) is 0 Å². The number of hydrogen-bond acceptors (Lipinski definition) is 2. The molecule has 0 saturated heterocycles. The maximum Gasteiger partial charge on any atom is 0.0880 e. The maximum atomic E-state index is 4.45. The van der Waals surface area contributed by atoms with Crippen molar-refractivity contribution in [3.8, 4) is 0 Å². The summed E-state index contributed by atoms with van der Waals surface area (Å²) in [5.41, 5.74) is 5.37. The number of aryl methyl sites for hydroxylation is 4. The van der Waals surface area contributed by atoms with E-state index >= 15 is 0 Å². The second-order valence-electron chi connectivity index (χ2n) is 3.45. The van der Waals surface area contributed by atoms with Crippen LogP contribution in [0.3, 0.4) is 0 Å². The summed E-state index contributed by atoms with van der Waals surface area (Å²) < 4.78 is 1.97. The molecule has 0 fully saturated rings. The molecule has 0 atom stereocenters. The van der Waals surface area contributed by atoms with Gasteiger partial charge in [-0.15, -0.1) is 0 Å². The number of hydrogen-bond donors (Lipinski definition) is 0. The van der Waals surface area contributed by atoms with E-state index in [0.717, 1.165) is 28.3 Å². The average molecular weight is 175 g/mol. The third-order valence-corrected chi connectivity index (χ3v) is 2.38. The van der Waals surface area contributed by atoms with Crippen LogP contribution in [0.15, 0.2) is 6.07 Å². The van der Waals surface area contributed by atoms with Crippen LogP contribution in [0.1, 0.15) is 22.8 Å². The number of rotatable bonds is 0. The molecule has 0 spiro atoms. The predicted molar refractivity (Wildman–Crippen MR) is 51.9 cm³/mol. The molecule has 0 aliphatic carbocycles. The van der Waals surface area contributed by atoms with Crippen LogP contribution in [0.25, 0.3) is 5.52 Å². The molecule has 2 aromatic rings. The fraction of sp³-hybridized carbons (Fsp3) is 0.400. The summed E-state index contributed by atoms with van der Waals surface area (Å²) in [5.74, 6) is 0. The second-order valence-corrected chi connectivity index (χ2v) is 3.45. The van der Waals surface area contributed by atoms with Crippen molar-refractivity contribution in [3.05, 3.63) is 28.8 Å². The number of nitrogens with zero attached hydrogens (tertiary/aromatic N) is 3. The smallest absolute Gasteiger partial charge is 0.0880 e.